The van der Waals surface area contributed by atoms with Crippen LogP contribution in [0.15, 0.2) is 0 Å². The predicted molar refractivity (Wildman–Crippen MR) is 48.8 cm³/mol. The molecular weight excluding hydrogens is 186 g/mol. The molecule has 1 fully saturated rings. The van der Waals surface area contributed by atoms with Gasteiger partial charge in [0, 0.05) is 26.5 Å². The Morgan fingerprint density at radius 1 is 1.57 bits per heavy atom. The van der Waals surface area contributed by atoms with Crippen molar-refractivity contribution >= 4 is 11.9 Å². The smallest absolute Gasteiger partial charge is 0.326 e. The molecule has 1 N–H and O–H groups in total. The van der Waals surface area contributed by atoms with E-state index in [4.69, 9.17) is 9.84 Å². The summed E-state index contributed by atoms with van der Waals surface area (Å²) in [6.45, 7) is 2.39. The number of likely N-dealkylation sites (tertiary alicyclic amines) is 1. The topological polar surface area (TPSA) is 66.8 Å². The van der Waals surface area contributed by atoms with Crippen LogP contribution in [0.25, 0.3) is 0 Å². The van der Waals surface area contributed by atoms with Crippen molar-refractivity contribution in [3.05, 3.63) is 0 Å². The van der Waals surface area contributed by atoms with E-state index in [0.29, 0.717) is 19.6 Å². The molecule has 1 aliphatic rings. The summed E-state index contributed by atoms with van der Waals surface area (Å²) in [5.41, 5.74) is 0. The first-order valence-electron chi connectivity index (χ1n) is 4.55. The number of rotatable bonds is 3. The normalized spacial score (nSPS) is 26.6. The van der Waals surface area contributed by atoms with Crippen molar-refractivity contribution in [1.29, 1.82) is 0 Å². The molecule has 0 spiro atoms. The van der Waals surface area contributed by atoms with Crippen molar-refractivity contribution in [2.45, 2.75) is 19.4 Å². The minimum absolute atomic E-state index is 0.144. The van der Waals surface area contributed by atoms with Crippen LogP contribution in [0.3, 0.4) is 0 Å². The van der Waals surface area contributed by atoms with E-state index >= 15 is 0 Å². The van der Waals surface area contributed by atoms with E-state index in [1.165, 1.54) is 11.8 Å². The molecule has 5 heteroatoms. The fraction of sp³-hybridized carbons (Fsp3) is 0.778. The zero-order chi connectivity index (χ0) is 10.7. The van der Waals surface area contributed by atoms with Gasteiger partial charge in [0.05, 0.1) is 6.61 Å². The lowest BCUT2D eigenvalue weighted by molar-refractivity contribution is -0.147. The van der Waals surface area contributed by atoms with Crippen LogP contribution in [0.5, 0.6) is 0 Å². The first-order chi connectivity index (χ1) is 6.56. The van der Waals surface area contributed by atoms with Gasteiger partial charge in [-0.05, 0) is 6.42 Å². The first-order valence-corrected chi connectivity index (χ1v) is 4.55. The van der Waals surface area contributed by atoms with Crippen molar-refractivity contribution in [1.82, 2.24) is 4.90 Å². The van der Waals surface area contributed by atoms with Crippen LogP contribution in [0.2, 0.25) is 0 Å². The van der Waals surface area contributed by atoms with Gasteiger partial charge in [-0.3, -0.25) is 4.79 Å². The number of carboxylic acid groups (broad SMARTS) is 1. The zero-order valence-electron chi connectivity index (χ0n) is 8.40. The molecule has 0 aromatic carbocycles. The van der Waals surface area contributed by atoms with Crippen molar-refractivity contribution in [3.8, 4) is 0 Å². The molecule has 1 heterocycles. The van der Waals surface area contributed by atoms with Crippen molar-refractivity contribution < 1.29 is 19.4 Å². The highest BCUT2D eigenvalue weighted by Crippen LogP contribution is 2.23. The summed E-state index contributed by atoms with van der Waals surface area (Å²) < 4.78 is 4.95. The summed E-state index contributed by atoms with van der Waals surface area (Å²) >= 11 is 0. The van der Waals surface area contributed by atoms with Gasteiger partial charge in [-0.25, -0.2) is 4.79 Å². The molecule has 14 heavy (non-hydrogen) atoms. The third kappa shape index (κ3) is 2.23. The number of aliphatic carboxylic acids is 1. The summed E-state index contributed by atoms with van der Waals surface area (Å²) in [7, 11) is 1.58. The van der Waals surface area contributed by atoms with Gasteiger partial charge >= 0.3 is 5.97 Å². The quantitative estimate of drug-likeness (QED) is 0.695. The predicted octanol–water partition coefficient (Wildman–Crippen LogP) is -0.0456. The van der Waals surface area contributed by atoms with Crippen LogP contribution >= 0.6 is 0 Å². The molecule has 0 saturated carbocycles. The third-order valence-corrected chi connectivity index (χ3v) is 2.48. The SMILES string of the molecule is COC[C@H]1C[C@@H](C(=O)O)N(C(C)=O)C1. The van der Waals surface area contributed by atoms with Gasteiger partial charge in [0.15, 0.2) is 0 Å². The second-order valence-corrected chi connectivity index (χ2v) is 3.58. The van der Waals surface area contributed by atoms with Gasteiger partial charge in [0.1, 0.15) is 6.04 Å². The maximum absolute atomic E-state index is 11.1. The molecule has 2 atom stereocenters. The Bertz CT molecular complexity index is 219. The molecule has 1 saturated heterocycles. The first kappa shape index (κ1) is 11.0. The largest absolute Gasteiger partial charge is 0.480 e. The molecule has 0 unspecified atom stereocenters. The number of nitrogens with zero attached hydrogens (tertiary/aromatic N) is 1. The zero-order valence-corrected chi connectivity index (χ0v) is 8.40. The number of carbonyl (C=O) groups is 2. The van der Waals surface area contributed by atoms with E-state index in [0.717, 1.165) is 0 Å². The average molecular weight is 201 g/mol. The standard InChI is InChI=1S/C9H15NO4/c1-6(11)10-4-7(5-14-2)3-8(10)9(12)13/h7-8H,3-5H2,1-2H3,(H,12,13)/t7-,8-/m0/s1. The molecule has 0 radical (unpaired) electrons. The Labute approximate surface area is 82.6 Å². The molecule has 0 bridgehead atoms. The molecule has 1 amide bonds. The number of hydrogen-bond donors (Lipinski definition) is 1. The molecule has 1 rings (SSSR count). The Hall–Kier alpha value is -1.10. The van der Waals surface area contributed by atoms with Gasteiger partial charge in [-0.15, -0.1) is 0 Å². The van der Waals surface area contributed by atoms with Gasteiger partial charge in [-0.1, -0.05) is 0 Å². The summed E-state index contributed by atoms with van der Waals surface area (Å²) in [6, 6.07) is -0.673. The Kier molecular flexibility index (Phi) is 3.46. The highest BCUT2D eigenvalue weighted by Gasteiger charge is 2.37. The highest BCUT2D eigenvalue weighted by molar-refractivity contribution is 5.82. The van der Waals surface area contributed by atoms with E-state index in [2.05, 4.69) is 0 Å². The average Bonchev–Trinajstić information content (AvgIpc) is 2.49. The van der Waals surface area contributed by atoms with Crippen LogP contribution < -0.4 is 0 Å². The molecule has 1 aliphatic heterocycles. The van der Waals surface area contributed by atoms with E-state index in [1.54, 1.807) is 7.11 Å². The van der Waals surface area contributed by atoms with Gasteiger partial charge < -0.3 is 14.7 Å². The molecular formula is C9H15NO4. The van der Waals surface area contributed by atoms with Crippen LogP contribution in [0.1, 0.15) is 13.3 Å². The summed E-state index contributed by atoms with van der Waals surface area (Å²) in [4.78, 5) is 23.4. The molecule has 80 valence electrons. The van der Waals surface area contributed by atoms with E-state index in [9.17, 15) is 9.59 Å². The Morgan fingerprint density at radius 2 is 2.21 bits per heavy atom. The minimum Gasteiger partial charge on any atom is -0.480 e. The number of hydrogen-bond acceptors (Lipinski definition) is 3. The maximum atomic E-state index is 11.1. The summed E-state index contributed by atoms with van der Waals surface area (Å²) in [5.74, 6) is -0.972. The van der Waals surface area contributed by atoms with Gasteiger partial charge in [0.25, 0.3) is 0 Å². The van der Waals surface area contributed by atoms with E-state index < -0.39 is 12.0 Å². The second kappa shape index (κ2) is 4.41. The second-order valence-electron chi connectivity index (χ2n) is 3.58. The lowest BCUT2D eigenvalue weighted by Crippen LogP contribution is -2.39. The van der Waals surface area contributed by atoms with E-state index in [1.807, 2.05) is 0 Å². The van der Waals surface area contributed by atoms with Gasteiger partial charge in [0.2, 0.25) is 5.91 Å². The number of ether oxygens (including phenoxy) is 1. The van der Waals surface area contributed by atoms with E-state index in [-0.39, 0.29) is 11.8 Å². The summed E-state index contributed by atoms with van der Waals surface area (Å²) in [5, 5.41) is 8.88. The lowest BCUT2D eigenvalue weighted by atomic mass is 10.1. The monoisotopic (exact) mass is 201 g/mol. The number of methoxy groups -OCH3 is 1. The Morgan fingerprint density at radius 3 is 2.57 bits per heavy atom. The third-order valence-electron chi connectivity index (χ3n) is 2.48. The highest BCUT2D eigenvalue weighted by atomic mass is 16.5. The molecule has 5 nitrogen and oxygen atoms in total. The summed E-state index contributed by atoms with van der Waals surface area (Å²) in [6.07, 6.45) is 0.489. The van der Waals surface area contributed by atoms with Crippen LogP contribution in [0, 0.1) is 5.92 Å². The van der Waals surface area contributed by atoms with Crippen molar-refractivity contribution in [2.75, 3.05) is 20.3 Å². The number of carboxylic acids is 1. The lowest BCUT2D eigenvalue weighted by Gasteiger charge is -2.18. The molecule has 0 aromatic rings. The van der Waals surface area contributed by atoms with Crippen molar-refractivity contribution in [2.24, 2.45) is 5.92 Å². The minimum atomic E-state index is -0.932. The Balaban J connectivity index is 2.65. The maximum Gasteiger partial charge on any atom is 0.326 e. The van der Waals surface area contributed by atoms with Crippen LogP contribution in [0.4, 0.5) is 0 Å². The number of amides is 1. The fourth-order valence-corrected chi connectivity index (χ4v) is 1.86. The molecule has 0 aromatic heterocycles. The van der Waals surface area contributed by atoms with Gasteiger partial charge in [-0.2, -0.15) is 0 Å². The molecule has 0 aliphatic carbocycles. The van der Waals surface area contributed by atoms with Crippen LogP contribution in [-0.4, -0.2) is 48.2 Å². The number of carbonyl (C=O) groups excluding carboxylic acids is 1. The fourth-order valence-electron chi connectivity index (χ4n) is 1.86. The van der Waals surface area contributed by atoms with Crippen molar-refractivity contribution in [3.63, 3.8) is 0 Å². The van der Waals surface area contributed by atoms with Crippen LogP contribution in [-0.2, 0) is 14.3 Å².